The number of likely N-dealkylation sites (N-methyl/N-ethyl adjacent to an activating group) is 1. The first-order valence-electron chi connectivity index (χ1n) is 6.77. The molecule has 17 heavy (non-hydrogen) atoms. The Kier molecular flexibility index (Phi) is 4.43. The van der Waals surface area contributed by atoms with Crippen LogP contribution in [0.15, 0.2) is 24.3 Å². The maximum atomic E-state index is 5.68. The molecule has 1 aliphatic carbocycles. The summed E-state index contributed by atoms with van der Waals surface area (Å²) in [6.07, 6.45) is 6.88. The fourth-order valence-corrected chi connectivity index (χ4v) is 2.73. The predicted molar refractivity (Wildman–Crippen MR) is 74.0 cm³/mol. The molecule has 1 aromatic rings. The van der Waals surface area contributed by atoms with E-state index in [1.54, 1.807) is 0 Å². The third kappa shape index (κ3) is 4.04. The van der Waals surface area contributed by atoms with Crippen molar-refractivity contribution < 1.29 is 0 Å². The van der Waals surface area contributed by atoms with Gasteiger partial charge in [-0.2, -0.15) is 0 Å². The van der Waals surface area contributed by atoms with Crippen molar-refractivity contribution in [3.8, 4) is 0 Å². The minimum absolute atomic E-state index is 0.855. The van der Waals surface area contributed by atoms with Crippen molar-refractivity contribution in [2.75, 3.05) is 25.9 Å². The zero-order valence-corrected chi connectivity index (χ0v) is 10.9. The molecular weight excluding hydrogens is 208 g/mol. The number of hydrogen-bond donors (Lipinski definition) is 1. The third-order valence-corrected chi connectivity index (χ3v) is 3.81. The molecular formula is C15H24N2. The quantitative estimate of drug-likeness (QED) is 0.791. The van der Waals surface area contributed by atoms with E-state index in [9.17, 15) is 0 Å². The summed E-state index contributed by atoms with van der Waals surface area (Å²) in [7, 11) is 2.25. The van der Waals surface area contributed by atoms with Crippen LogP contribution < -0.4 is 5.73 Å². The zero-order chi connectivity index (χ0) is 12.1. The average Bonchev–Trinajstić information content (AvgIpc) is 2.81. The van der Waals surface area contributed by atoms with Crippen LogP contribution in [0.2, 0.25) is 0 Å². The Balaban J connectivity index is 1.71. The molecule has 1 aromatic carbocycles. The highest BCUT2D eigenvalue weighted by molar-refractivity contribution is 5.39. The van der Waals surface area contributed by atoms with Crippen molar-refractivity contribution >= 4 is 5.69 Å². The minimum Gasteiger partial charge on any atom is -0.399 e. The van der Waals surface area contributed by atoms with Gasteiger partial charge in [0.1, 0.15) is 0 Å². The normalized spacial score (nSPS) is 16.8. The van der Waals surface area contributed by atoms with E-state index in [0.717, 1.165) is 24.6 Å². The van der Waals surface area contributed by atoms with Gasteiger partial charge in [0.25, 0.3) is 0 Å². The maximum absolute atomic E-state index is 5.68. The third-order valence-electron chi connectivity index (χ3n) is 3.81. The second-order valence-corrected chi connectivity index (χ2v) is 5.40. The molecule has 1 saturated carbocycles. The van der Waals surface area contributed by atoms with Crippen LogP contribution in [0.1, 0.15) is 31.2 Å². The minimum atomic E-state index is 0.855. The number of nitrogen functional groups attached to an aromatic ring is 1. The summed E-state index contributed by atoms with van der Waals surface area (Å²) in [4.78, 5) is 2.48. The van der Waals surface area contributed by atoms with Crippen LogP contribution in [-0.2, 0) is 6.42 Å². The molecule has 2 heteroatoms. The summed E-state index contributed by atoms with van der Waals surface area (Å²) in [5.41, 5.74) is 7.92. The Morgan fingerprint density at radius 2 is 1.82 bits per heavy atom. The van der Waals surface area contributed by atoms with E-state index >= 15 is 0 Å². The number of benzene rings is 1. The van der Waals surface area contributed by atoms with E-state index in [0.29, 0.717) is 0 Å². The van der Waals surface area contributed by atoms with Crippen molar-refractivity contribution in [1.29, 1.82) is 0 Å². The van der Waals surface area contributed by atoms with Gasteiger partial charge in [-0.3, -0.25) is 0 Å². The molecule has 0 bridgehead atoms. The summed E-state index contributed by atoms with van der Waals surface area (Å²) >= 11 is 0. The van der Waals surface area contributed by atoms with Crippen LogP contribution in [0.4, 0.5) is 5.69 Å². The fourth-order valence-electron chi connectivity index (χ4n) is 2.73. The highest BCUT2D eigenvalue weighted by atomic mass is 15.1. The molecule has 0 amide bonds. The molecule has 0 atom stereocenters. The van der Waals surface area contributed by atoms with Gasteiger partial charge in [0, 0.05) is 18.8 Å². The highest BCUT2D eigenvalue weighted by Crippen LogP contribution is 2.25. The Hall–Kier alpha value is -1.02. The van der Waals surface area contributed by atoms with Crippen LogP contribution >= 0.6 is 0 Å². The average molecular weight is 232 g/mol. The molecule has 0 aliphatic heterocycles. The first-order valence-corrected chi connectivity index (χ1v) is 6.77. The Morgan fingerprint density at radius 1 is 1.18 bits per heavy atom. The molecule has 0 saturated heterocycles. The number of nitrogens with zero attached hydrogens (tertiary/aromatic N) is 1. The lowest BCUT2D eigenvalue weighted by molar-refractivity contribution is 0.281. The SMILES string of the molecule is CN(CCc1ccc(N)cc1)CC1CCCC1. The van der Waals surface area contributed by atoms with Crippen molar-refractivity contribution in [3.05, 3.63) is 29.8 Å². The topological polar surface area (TPSA) is 29.3 Å². The van der Waals surface area contributed by atoms with Gasteiger partial charge in [-0.15, -0.1) is 0 Å². The second-order valence-electron chi connectivity index (χ2n) is 5.40. The van der Waals surface area contributed by atoms with Gasteiger partial charge in [-0.1, -0.05) is 25.0 Å². The Morgan fingerprint density at radius 3 is 2.47 bits per heavy atom. The van der Waals surface area contributed by atoms with Crippen molar-refractivity contribution in [3.63, 3.8) is 0 Å². The van der Waals surface area contributed by atoms with Crippen LogP contribution in [-0.4, -0.2) is 25.0 Å². The number of hydrogen-bond acceptors (Lipinski definition) is 2. The van der Waals surface area contributed by atoms with Crippen LogP contribution in [0.3, 0.4) is 0 Å². The summed E-state index contributed by atoms with van der Waals surface area (Å²) in [6, 6.07) is 8.26. The van der Waals surface area contributed by atoms with Gasteiger partial charge in [-0.05, 0) is 49.9 Å². The molecule has 2 N–H and O–H groups in total. The zero-order valence-electron chi connectivity index (χ0n) is 10.9. The van der Waals surface area contributed by atoms with Crippen molar-refractivity contribution in [1.82, 2.24) is 4.90 Å². The lowest BCUT2D eigenvalue weighted by Crippen LogP contribution is -2.26. The molecule has 0 radical (unpaired) electrons. The second kappa shape index (κ2) is 6.06. The van der Waals surface area contributed by atoms with E-state index in [1.807, 2.05) is 12.1 Å². The van der Waals surface area contributed by atoms with Gasteiger partial charge in [0.05, 0.1) is 0 Å². The Bertz CT molecular complexity index is 325. The predicted octanol–water partition coefficient (Wildman–Crippen LogP) is 2.93. The maximum Gasteiger partial charge on any atom is 0.0314 e. The lowest BCUT2D eigenvalue weighted by Gasteiger charge is -2.20. The van der Waals surface area contributed by atoms with Gasteiger partial charge >= 0.3 is 0 Å². The lowest BCUT2D eigenvalue weighted by atomic mass is 10.1. The summed E-state index contributed by atoms with van der Waals surface area (Å²) in [6.45, 7) is 2.43. The van der Waals surface area contributed by atoms with Crippen LogP contribution in [0.5, 0.6) is 0 Å². The standard InChI is InChI=1S/C15H24N2/c1-17(12-14-4-2-3-5-14)11-10-13-6-8-15(16)9-7-13/h6-9,14H,2-5,10-12,16H2,1H3. The van der Waals surface area contributed by atoms with Gasteiger partial charge in [0.2, 0.25) is 0 Å². The van der Waals surface area contributed by atoms with Gasteiger partial charge in [0.15, 0.2) is 0 Å². The monoisotopic (exact) mass is 232 g/mol. The first kappa shape index (κ1) is 12.4. The molecule has 2 nitrogen and oxygen atoms in total. The Labute approximate surface area is 105 Å². The van der Waals surface area contributed by atoms with Crippen LogP contribution in [0.25, 0.3) is 0 Å². The molecule has 0 spiro atoms. The largest absolute Gasteiger partial charge is 0.399 e. The molecule has 0 aromatic heterocycles. The number of nitrogens with two attached hydrogens (primary N) is 1. The smallest absolute Gasteiger partial charge is 0.0314 e. The molecule has 0 unspecified atom stereocenters. The molecule has 1 fully saturated rings. The molecule has 2 rings (SSSR count). The van der Waals surface area contributed by atoms with Crippen molar-refractivity contribution in [2.24, 2.45) is 5.92 Å². The van der Waals surface area contributed by atoms with E-state index in [2.05, 4.69) is 24.1 Å². The summed E-state index contributed by atoms with van der Waals surface area (Å²) in [5.74, 6) is 0.950. The molecule has 94 valence electrons. The number of anilines is 1. The summed E-state index contributed by atoms with van der Waals surface area (Å²) < 4.78 is 0. The first-order chi connectivity index (χ1) is 8.24. The van der Waals surface area contributed by atoms with Gasteiger partial charge < -0.3 is 10.6 Å². The summed E-state index contributed by atoms with van der Waals surface area (Å²) in [5, 5.41) is 0. The fraction of sp³-hybridized carbons (Fsp3) is 0.600. The van der Waals surface area contributed by atoms with Crippen LogP contribution in [0, 0.1) is 5.92 Å². The van der Waals surface area contributed by atoms with E-state index in [-0.39, 0.29) is 0 Å². The van der Waals surface area contributed by atoms with E-state index in [4.69, 9.17) is 5.73 Å². The van der Waals surface area contributed by atoms with E-state index < -0.39 is 0 Å². The number of rotatable bonds is 5. The highest BCUT2D eigenvalue weighted by Gasteiger charge is 2.16. The van der Waals surface area contributed by atoms with Gasteiger partial charge in [-0.25, -0.2) is 0 Å². The molecule has 1 aliphatic rings. The van der Waals surface area contributed by atoms with Crippen molar-refractivity contribution in [2.45, 2.75) is 32.1 Å². The van der Waals surface area contributed by atoms with E-state index in [1.165, 1.54) is 37.8 Å². The molecule has 0 heterocycles.